The number of hydrogen-bond donors (Lipinski definition) is 0. The van der Waals surface area contributed by atoms with E-state index in [-0.39, 0.29) is 17.8 Å². The SMILES string of the molecule is O=c1c2ccc(F)cc2oc2c1ccc1cc3c(cc12)OCO3. The highest BCUT2D eigenvalue weighted by molar-refractivity contribution is 6.07. The second-order valence-electron chi connectivity index (χ2n) is 5.44. The van der Waals surface area contributed by atoms with E-state index in [1.54, 1.807) is 12.1 Å². The Labute approximate surface area is 128 Å². The molecule has 5 heteroatoms. The van der Waals surface area contributed by atoms with Gasteiger partial charge in [0.15, 0.2) is 11.5 Å². The van der Waals surface area contributed by atoms with Crippen LogP contribution in [0.2, 0.25) is 0 Å². The van der Waals surface area contributed by atoms with Crippen LogP contribution in [0, 0.1) is 5.82 Å². The largest absolute Gasteiger partial charge is 0.455 e. The molecule has 0 atom stereocenters. The minimum atomic E-state index is -0.446. The summed E-state index contributed by atoms with van der Waals surface area (Å²) in [6.45, 7) is 0.168. The number of hydrogen-bond acceptors (Lipinski definition) is 4. The lowest BCUT2D eigenvalue weighted by Crippen LogP contribution is -2.02. The predicted octanol–water partition coefficient (Wildman–Crippen LogP) is 3.97. The first-order valence-electron chi connectivity index (χ1n) is 7.09. The molecule has 2 heterocycles. The zero-order valence-electron chi connectivity index (χ0n) is 11.8. The van der Waals surface area contributed by atoms with Crippen molar-refractivity contribution in [3.05, 3.63) is 58.5 Å². The van der Waals surface area contributed by atoms with Gasteiger partial charge in [-0.1, -0.05) is 6.07 Å². The molecule has 0 spiro atoms. The monoisotopic (exact) mass is 308 g/mol. The number of ether oxygens (including phenoxy) is 2. The third-order valence-electron chi connectivity index (χ3n) is 4.11. The third kappa shape index (κ3) is 1.67. The highest BCUT2D eigenvalue weighted by Crippen LogP contribution is 2.38. The molecule has 1 aliphatic rings. The molecular weight excluding hydrogens is 299 g/mol. The van der Waals surface area contributed by atoms with Crippen molar-refractivity contribution in [3.8, 4) is 11.5 Å². The summed E-state index contributed by atoms with van der Waals surface area (Å²) in [6, 6.07) is 11.1. The number of halogens is 1. The second kappa shape index (κ2) is 4.23. The molecule has 0 fully saturated rings. The van der Waals surface area contributed by atoms with Gasteiger partial charge in [-0.15, -0.1) is 0 Å². The fourth-order valence-electron chi connectivity index (χ4n) is 3.00. The first kappa shape index (κ1) is 12.5. The topological polar surface area (TPSA) is 48.7 Å². The van der Waals surface area contributed by atoms with Gasteiger partial charge in [-0.3, -0.25) is 4.79 Å². The molecule has 0 bridgehead atoms. The van der Waals surface area contributed by atoms with Crippen LogP contribution in [0.5, 0.6) is 11.5 Å². The van der Waals surface area contributed by atoms with Crippen LogP contribution < -0.4 is 14.9 Å². The second-order valence-corrected chi connectivity index (χ2v) is 5.44. The fraction of sp³-hybridized carbons (Fsp3) is 0.0556. The molecule has 0 aliphatic carbocycles. The Kier molecular flexibility index (Phi) is 2.29. The van der Waals surface area contributed by atoms with Gasteiger partial charge in [-0.2, -0.15) is 0 Å². The van der Waals surface area contributed by atoms with E-state index in [9.17, 15) is 9.18 Å². The molecule has 0 saturated carbocycles. The number of benzene rings is 3. The molecule has 1 aliphatic heterocycles. The molecule has 0 N–H and O–H groups in total. The Morgan fingerprint density at radius 1 is 0.870 bits per heavy atom. The average Bonchev–Trinajstić information content (AvgIpc) is 3.00. The molecule has 112 valence electrons. The highest BCUT2D eigenvalue weighted by Gasteiger charge is 2.17. The molecule has 4 aromatic rings. The van der Waals surface area contributed by atoms with Crippen LogP contribution in [-0.4, -0.2) is 6.79 Å². The lowest BCUT2D eigenvalue weighted by Gasteiger charge is -2.06. The minimum absolute atomic E-state index is 0.168. The van der Waals surface area contributed by atoms with Gasteiger partial charge in [0, 0.05) is 11.5 Å². The van der Waals surface area contributed by atoms with Gasteiger partial charge >= 0.3 is 0 Å². The number of fused-ring (bicyclic) bond motifs is 5. The molecule has 4 nitrogen and oxygen atoms in total. The van der Waals surface area contributed by atoms with E-state index < -0.39 is 5.82 Å². The smallest absolute Gasteiger partial charge is 0.231 e. The Morgan fingerprint density at radius 3 is 2.52 bits per heavy atom. The van der Waals surface area contributed by atoms with Crippen molar-refractivity contribution in [3.63, 3.8) is 0 Å². The predicted molar refractivity (Wildman–Crippen MR) is 83.6 cm³/mol. The molecule has 0 unspecified atom stereocenters. The van der Waals surface area contributed by atoms with Crippen LogP contribution in [0.1, 0.15) is 0 Å². The van der Waals surface area contributed by atoms with Crippen LogP contribution in [0.15, 0.2) is 51.7 Å². The Hall–Kier alpha value is -3.08. The van der Waals surface area contributed by atoms with E-state index in [1.807, 2.05) is 12.1 Å². The lowest BCUT2D eigenvalue weighted by atomic mass is 10.0. The summed E-state index contributed by atoms with van der Waals surface area (Å²) < 4.78 is 30.1. The Morgan fingerprint density at radius 2 is 1.65 bits per heavy atom. The Balaban J connectivity index is 2.00. The van der Waals surface area contributed by atoms with E-state index >= 15 is 0 Å². The van der Waals surface area contributed by atoms with Crippen LogP contribution in [0.25, 0.3) is 32.7 Å². The quantitative estimate of drug-likeness (QED) is 0.364. The summed E-state index contributed by atoms with van der Waals surface area (Å²) in [5, 5.41) is 2.41. The summed E-state index contributed by atoms with van der Waals surface area (Å²) in [5.74, 6) is 0.816. The van der Waals surface area contributed by atoms with Gasteiger partial charge in [-0.25, -0.2) is 4.39 Å². The van der Waals surface area contributed by atoms with E-state index in [0.29, 0.717) is 27.9 Å². The van der Waals surface area contributed by atoms with E-state index in [4.69, 9.17) is 13.9 Å². The zero-order chi connectivity index (χ0) is 15.6. The summed E-state index contributed by atoms with van der Waals surface area (Å²) in [7, 11) is 0. The van der Waals surface area contributed by atoms with Gasteiger partial charge in [-0.05, 0) is 35.7 Å². The molecule has 0 radical (unpaired) electrons. The Bertz CT molecular complexity index is 1180. The van der Waals surface area contributed by atoms with Gasteiger partial charge < -0.3 is 13.9 Å². The van der Waals surface area contributed by atoms with Crippen molar-refractivity contribution in [1.82, 2.24) is 0 Å². The van der Waals surface area contributed by atoms with Crippen LogP contribution >= 0.6 is 0 Å². The molecule has 5 rings (SSSR count). The molecule has 23 heavy (non-hydrogen) atoms. The minimum Gasteiger partial charge on any atom is -0.455 e. The molecule has 0 amide bonds. The van der Waals surface area contributed by atoms with Gasteiger partial charge in [0.2, 0.25) is 12.2 Å². The fourth-order valence-corrected chi connectivity index (χ4v) is 3.00. The van der Waals surface area contributed by atoms with Crippen LogP contribution in [0.4, 0.5) is 4.39 Å². The number of rotatable bonds is 0. The van der Waals surface area contributed by atoms with Crippen molar-refractivity contribution in [2.75, 3.05) is 6.79 Å². The van der Waals surface area contributed by atoms with Gasteiger partial charge in [0.25, 0.3) is 0 Å². The highest BCUT2D eigenvalue weighted by atomic mass is 19.1. The molecule has 0 saturated heterocycles. The van der Waals surface area contributed by atoms with Crippen LogP contribution in [0.3, 0.4) is 0 Å². The van der Waals surface area contributed by atoms with Gasteiger partial charge in [0.1, 0.15) is 17.0 Å². The maximum absolute atomic E-state index is 13.5. The first-order valence-corrected chi connectivity index (χ1v) is 7.09. The van der Waals surface area contributed by atoms with E-state index in [0.717, 1.165) is 10.8 Å². The standard InChI is InChI=1S/C18H9FO4/c19-10-2-4-11-14(6-10)23-18-12(17(11)20)3-1-9-5-15-16(7-13(9)18)22-8-21-15/h1-7H,8H2. The normalized spacial score (nSPS) is 13.3. The summed E-state index contributed by atoms with van der Waals surface area (Å²) in [5.41, 5.74) is 0.470. The van der Waals surface area contributed by atoms with Crippen molar-refractivity contribution in [2.24, 2.45) is 0 Å². The molecule has 1 aromatic heterocycles. The molecule has 3 aromatic carbocycles. The van der Waals surface area contributed by atoms with Crippen molar-refractivity contribution >= 4 is 32.7 Å². The lowest BCUT2D eigenvalue weighted by molar-refractivity contribution is 0.174. The molecular formula is C18H9FO4. The van der Waals surface area contributed by atoms with Crippen molar-refractivity contribution < 1.29 is 18.3 Å². The maximum Gasteiger partial charge on any atom is 0.231 e. The van der Waals surface area contributed by atoms with Crippen molar-refractivity contribution in [1.29, 1.82) is 0 Å². The average molecular weight is 308 g/mol. The van der Waals surface area contributed by atoms with Gasteiger partial charge in [0.05, 0.1) is 10.8 Å². The third-order valence-corrected chi connectivity index (χ3v) is 4.11. The zero-order valence-corrected chi connectivity index (χ0v) is 11.8. The van der Waals surface area contributed by atoms with E-state index in [2.05, 4.69) is 0 Å². The first-order chi connectivity index (χ1) is 11.2. The van der Waals surface area contributed by atoms with Crippen molar-refractivity contribution in [2.45, 2.75) is 0 Å². The van der Waals surface area contributed by atoms with Crippen LogP contribution in [-0.2, 0) is 0 Å². The van der Waals surface area contributed by atoms with E-state index in [1.165, 1.54) is 18.2 Å². The summed E-state index contributed by atoms with van der Waals surface area (Å²) in [4.78, 5) is 12.6. The summed E-state index contributed by atoms with van der Waals surface area (Å²) >= 11 is 0. The summed E-state index contributed by atoms with van der Waals surface area (Å²) in [6.07, 6.45) is 0. The maximum atomic E-state index is 13.5.